The molecule has 35 atom stereocenters. The van der Waals surface area contributed by atoms with Crippen LogP contribution in [0.3, 0.4) is 0 Å². The highest BCUT2D eigenvalue weighted by molar-refractivity contribution is 5.32. The molecule has 10 unspecified atom stereocenters. The first kappa shape index (κ1) is 71.9. The lowest BCUT2D eigenvalue weighted by molar-refractivity contribution is -0.380. The molecule has 9 rings (SSSR count). The van der Waals surface area contributed by atoms with Gasteiger partial charge in [-0.2, -0.15) is 0 Å². The van der Waals surface area contributed by atoms with Crippen LogP contribution in [0.4, 0.5) is 0 Å². The van der Waals surface area contributed by atoms with Gasteiger partial charge in [-0.05, 0) is 99.7 Å². The van der Waals surface area contributed by atoms with Crippen molar-refractivity contribution in [3.63, 3.8) is 0 Å². The molecule has 5 heterocycles. The predicted octanol–water partition coefficient (Wildman–Crippen LogP) is -5.41. The summed E-state index contributed by atoms with van der Waals surface area (Å²) in [6, 6.07) is 0. The second-order valence-electron chi connectivity index (χ2n) is 28.7. The van der Waals surface area contributed by atoms with E-state index in [0.29, 0.717) is 32.1 Å². The highest BCUT2D eigenvalue weighted by atomic mass is 16.8. The number of fused-ring (bicyclic) bond motifs is 5. The van der Waals surface area contributed by atoms with Crippen molar-refractivity contribution in [1.29, 1.82) is 0 Å². The van der Waals surface area contributed by atoms with Crippen molar-refractivity contribution in [3.8, 4) is 0 Å². The van der Waals surface area contributed by atoms with Crippen LogP contribution in [-0.2, 0) is 47.4 Å². The Balaban J connectivity index is 0.883. The second-order valence-corrected chi connectivity index (χ2v) is 28.7. The van der Waals surface area contributed by atoms with Crippen LogP contribution in [0.5, 0.6) is 0 Å². The molecule has 0 spiro atoms. The lowest BCUT2D eigenvalue weighted by atomic mass is 9.38. The summed E-state index contributed by atoms with van der Waals surface area (Å²) in [4.78, 5) is 0. The fourth-order valence-electron chi connectivity index (χ4n) is 17.0. The van der Waals surface area contributed by atoms with Crippen molar-refractivity contribution in [2.24, 2.45) is 45.3 Å². The Bertz CT molecular complexity index is 2340. The van der Waals surface area contributed by atoms with Crippen molar-refractivity contribution >= 4 is 0 Å². The summed E-state index contributed by atoms with van der Waals surface area (Å²) in [6.45, 7) is 12.6. The zero-order chi connectivity index (χ0) is 65.5. The molecule has 5 saturated heterocycles. The Morgan fingerprint density at radius 3 is 1.45 bits per heavy atom. The van der Waals surface area contributed by atoms with E-state index in [1.54, 1.807) is 0 Å². The third-order valence-electron chi connectivity index (χ3n) is 22.9. The normalized spacial score (nSPS) is 51.8. The maximum atomic E-state index is 12.8. The molecule has 0 aromatic heterocycles. The van der Waals surface area contributed by atoms with Crippen LogP contribution in [0.1, 0.15) is 107 Å². The molecule has 0 amide bonds. The number of ether oxygens (including phenoxy) is 10. The maximum absolute atomic E-state index is 12.8. The highest BCUT2D eigenvalue weighted by Gasteiger charge is 2.70. The van der Waals surface area contributed by atoms with Crippen LogP contribution in [-0.4, -0.2) is 308 Å². The Labute approximate surface area is 517 Å². The Hall–Kier alpha value is -1.42. The number of rotatable bonds is 20. The minimum absolute atomic E-state index is 0.0310. The summed E-state index contributed by atoms with van der Waals surface area (Å²) >= 11 is 0. The average Bonchev–Trinajstić information content (AvgIpc) is 1.66. The second kappa shape index (κ2) is 27.6. The third-order valence-corrected chi connectivity index (χ3v) is 22.9. The molecule has 0 radical (unpaired) electrons. The number of aliphatic hydroxyl groups is 19. The fourth-order valence-corrected chi connectivity index (χ4v) is 17.0. The third kappa shape index (κ3) is 13.1. The van der Waals surface area contributed by atoms with Gasteiger partial charge in [0.1, 0.15) is 122 Å². The van der Waals surface area contributed by atoms with Crippen molar-refractivity contribution in [2.45, 2.75) is 284 Å². The van der Waals surface area contributed by atoms with E-state index in [1.165, 1.54) is 13.8 Å². The monoisotopic (exact) mass is 1290 g/mol. The molecule has 29 heteroatoms. The van der Waals surface area contributed by atoms with Gasteiger partial charge in [-0.1, -0.05) is 53.2 Å². The van der Waals surface area contributed by atoms with E-state index in [4.69, 9.17) is 47.4 Å². The van der Waals surface area contributed by atoms with E-state index in [9.17, 15) is 97.0 Å². The molecule has 9 aliphatic rings. The van der Waals surface area contributed by atoms with Gasteiger partial charge >= 0.3 is 0 Å². The van der Waals surface area contributed by atoms with E-state index in [2.05, 4.69) is 33.8 Å². The molecule has 4 aliphatic carbocycles. The van der Waals surface area contributed by atoms with Gasteiger partial charge in [-0.15, -0.1) is 0 Å². The molecule has 8 fully saturated rings. The summed E-state index contributed by atoms with van der Waals surface area (Å²) in [5.74, 6) is -0.0172. The van der Waals surface area contributed by atoms with Crippen LogP contribution >= 0.6 is 0 Å². The van der Waals surface area contributed by atoms with Crippen molar-refractivity contribution in [1.82, 2.24) is 0 Å². The van der Waals surface area contributed by atoms with Crippen LogP contribution in [0.25, 0.3) is 0 Å². The fraction of sp³-hybridized carbons (Fsp3) is 0.967. The quantitative estimate of drug-likeness (QED) is 0.0506. The first-order valence-electron chi connectivity index (χ1n) is 31.6. The van der Waals surface area contributed by atoms with Gasteiger partial charge < -0.3 is 144 Å². The number of aliphatic hydroxyl groups excluding tert-OH is 18. The summed E-state index contributed by atoms with van der Waals surface area (Å²) in [5, 5.41) is 205. The summed E-state index contributed by atoms with van der Waals surface area (Å²) < 4.78 is 59.3. The molecule has 89 heavy (non-hydrogen) atoms. The van der Waals surface area contributed by atoms with E-state index >= 15 is 0 Å². The summed E-state index contributed by atoms with van der Waals surface area (Å²) in [6.07, 6.45) is -37.4. The molecule has 5 aliphatic heterocycles. The van der Waals surface area contributed by atoms with E-state index < -0.39 is 227 Å². The highest BCUT2D eigenvalue weighted by Crippen LogP contribution is 2.75. The number of allylic oxidation sites excluding steroid dienone is 1. The Kier molecular flexibility index (Phi) is 22.3. The smallest absolute Gasteiger partial charge is 0.187 e. The van der Waals surface area contributed by atoms with E-state index in [0.717, 1.165) is 18.4 Å². The standard InChI is InChI=1S/C60H102O29/c1-23(9-13-35(57(4,5)79)88-55-50(89-54-49(78)43(72)38(67)29(20-63)84-54)45(74)40(69)31(86-55)22-81-52-47(76)42(71)37(66)28(19-62)83-52)24-15-16-58(6)32-12-10-25-26(60(32,8)33(64)17-59(24,58)7)11-14-34(56(25,2)3)87-53-48(77)44(73)39(68)30(85-53)21-80-51-46(75)41(70)36(65)27(18-61)82-51/h10,23-24,26-55,61-79H,9,11-22H2,1-8H3/t23-,24-,26-,27?,28?,29?,30?,31?,32+,33-,34+,35-,36+,37+,38+,39+,40+,41+,42+,43+,44+,45+,46?,47?,48?,49?,50?,51-,52-,53+,54+,55+,58+,59-,60+/m1/s1. The number of hydrogen-bond donors (Lipinski definition) is 19. The molecule has 3 saturated carbocycles. The van der Waals surface area contributed by atoms with Crippen LogP contribution in [0.2, 0.25) is 0 Å². The maximum Gasteiger partial charge on any atom is 0.187 e. The first-order chi connectivity index (χ1) is 41.6. The van der Waals surface area contributed by atoms with E-state index in [1.807, 2.05) is 13.8 Å². The lowest BCUT2D eigenvalue weighted by Gasteiger charge is -2.67. The predicted molar refractivity (Wildman–Crippen MR) is 300 cm³/mol. The summed E-state index contributed by atoms with van der Waals surface area (Å²) in [5.41, 5.74) is -2.49. The lowest BCUT2D eigenvalue weighted by Crippen LogP contribution is -2.65. The molecular weight excluding hydrogens is 1180 g/mol. The Morgan fingerprint density at radius 2 is 0.955 bits per heavy atom. The van der Waals surface area contributed by atoms with E-state index in [-0.39, 0.29) is 35.5 Å². The molecule has 0 aromatic rings. The first-order valence-corrected chi connectivity index (χ1v) is 31.6. The minimum Gasteiger partial charge on any atom is -0.394 e. The van der Waals surface area contributed by atoms with Crippen LogP contribution < -0.4 is 0 Å². The zero-order valence-electron chi connectivity index (χ0n) is 51.8. The van der Waals surface area contributed by atoms with Gasteiger partial charge in [0.15, 0.2) is 31.5 Å². The largest absolute Gasteiger partial charge is 0.394 e. The number of hydrogen-bond acceptors (Lipinski definition) is 29. The van der Waals surface area contributed by atoms with Crippen molar-refractivity contribution in [3.05, 3.63) is 11.6 Å². The van der Waals surface area contributed by atoms with Crippen molar-refractivity contribution in [2.75, 3.05) is 33.0 Å². The SMILES string of the molecule is C[C@H](CC[C@@H](O[C@@H]1OC(CO[C@@H]2OC(CO)[C@H](O)[C@H](O)C2O)[C@H](O)[C@H](O)C1O[C@@H]1OC(CO)[C@H](O)[C@H](O)C1O)C(C)(C)O)[C@H]1CC[C@@]2(C)[C@@H]3CC=C4[C@@H](CC[C@H](O[C@@H]5OC(CO[C@@H]6OC(CO)[C@H](O)[C@H](O)C6O)[C@H](O)[C@H](O)C5O)C4(C)C)[C@]3(C)[C@H](O)C[C@]12C. The van der Waals surface area contributed by atoms with Gasteiger partial charge in [0.05, 0.1) is 56.9 Å². The van der Waals surface area contributed by atoms with Crippen LogP contribution in [0, 0.1) is 45.3 Å². The molecule has 19 N–H and O–H groups in total. The molecule has 0 bridgehead atoms. The summed E-state index contributed by atoms with van der Waals surface area (Å²) in [7, 11) is 0. The molecular formula is C60H102O29. The van der Waals surface area contributed by atoms with Gasteiger partial charge in [0, 0.05) is 10.8 Å². The zero-order valence-corrected chi connectivity index (χ0v) is 51.8. The molecule has 29 nitrogen and oxygen atoms in total. The molecule has 0 aromatic carbocycles. The van der Waals surface area contributed by atoms with Gasteiger partial charge in [-0.25, -0.2) is 0 Å². The van der Waals surface area contributed by atoms with Crippen LogP contribution in [0.15, 0.2) is 11.6 Å². The van der Waals surface area contributed by atoms with Gasteiger partial charge in [0.25, 0.3) is 0 Å². The topological polar surface area (TPSA) is 477 Å². The molecule has 516 valence electrons. The van der Waals surface area contributed by atoms with Gasteiger partial charge in [-0.3, -0.25) is 0 Å². The average molecular weight is 1290 g/mol. The van der Waals surface area contributed by atoms with Gasteiger partial charge in [0.2, 0.25) is 0 Å². The van der Waals surface area contributed by atoms with Crippen molar-refractivity contribution < 1.29 is 144 Å². The minimum atomic E-state index is -1.96. The Morgan fingerprint density at radius 1 is 0.517 bits per heavy atom.